The molecule has 0 unspecified atom stereocenters. The number of benzene rings is 1. The van der Waals surface area contributed by atoms with Crippen LogP contribution in [0.3, 0.4) is 0 Å². The number of rotatable bonds is 4. The summed E-state index contributed by atoms with van der Waals surface area (Å²) in [5, 5.41) is 2.23. The zero-order valence-corrected chi connectivity index (χ0v) is 17.9. The van der Waals surface area contributed by atoms with Crippen LogP contribution in [0.4, 0.5) is 29.6 Å². The third kappa shape index (κ3) is 3.67. The van der Waals surface area contributed by atoms with Crippen LogP contribution in [0.25, 0.3) is 11.0 Å². The molecule has 0 radical (unpaired) electrons. The summed E-state index contributed by atoms with van der Waals surface area (Å²) in [6.45, 7) is 5.14. The number of H-pyrrole nitrogens is 1. The Kier molecular flexibility index (Phi) is 5.57. The minimum absolute atomic E-state index is 0.0689. The van der Waals surface area contributed by atoms with Crippen molar-refractivity contribution >= 4 is 28.7 Å². The number of primary amides is 1. The molecule has 11 heteroatoms. The Hall–Kier alpha value is -3.50. The molecule has 0 atom stereocenters. The number of nitrogens with one attached hydrogen (secondary N) is 2. The van der Waals surface area contributed by atoms with Crippen molar-refractivity contribution in [1.82, 2.24) is 15.0 Å². The molecule has 2 amide bonds. The standard InChI is InChI=1S/C21H23F3N6O2/c1-9-8-10(2)26-19(9)30-6-4-11(5-7-30)12-13(22)14(23)15(24)17-16(12)27-18(29-21(25)31)20(28-17)32-3/h8,11,26H,4-7H2,1-3H3,(H3,25,27,29,31). The highest BCUT2D eigenvalue weighted by atomic mass is 19.2. The second-order valence-corrected chi connectivity index (χ2v) is 7.87. The summed E-state index contributed by atoms with van der Waals surface area (Å²) in [5.74, 6) is -4.28. The molecule has 1 saturated heterocycles. The van der Waals surface area contributed by atoms with Crippen molar-refractivity contribution in [3.63, 3.8) is 0 Å². The lowest BCUT2D eigenvalue weighted by Crippen LogP contribution is -2.34. The van der Waals surface area contributed by atoms with Gasteiger partial charge in [-0.15, -0.1) is 0 Å². The normalized spacial score (nSPS) is 14.8. The lowest BCUT2D eigenvalue weighted by Gasteiger charge is -2.34. The van der Waals surface area contributed by atoms with Crippen molar-refractivity contribution in [2.24, 2.45) is 5.73 Å². The Balaban J connectivity index is 1.76. The van der Waals surface area contributed by atoms with Crippen molar-refractivity contribution in [2.45, 2.75) is 32.6 Å². The van der Waals surface area contributed by atoms with E-state index in [9.17, 15) is 18.0 Å². The second kappa shape index (κ2) is 8.21. The van der Waals surface area contributed by atoms with Crippen LogP contribution in [0, 0.1) is 31.3 Å². The second-order valence-electron chi connectivity index (χ2n) is 7.87. The molecule has 32 heavy (non-hydrogen) atoms. The number of aromatic amines is 1. The predicted molar refractivity (Wildman–Crippen MR) is 114 cm³/mol. The fraction of sp³-hybridized carbons (Fsp3) is 0.381. The first-order chi connectivity index (χ1) is 15.2. The van der Waals surface area contributed by atoms with Crippen molar-refractivity contribution < 1.29 is 22.7 Å². The van der Waals surface area contributed by atoms with E-state index in [2.05, 4.69) is 25.2 Å². The van der Waals surface area contributed by atoms with Crippen molar-refractivity contribution in [3.8, 4) is 5.88 Å². The van der Waals surface area contributed by atoms with E-state index in [1.54, 1.807) is 0 Å². The van der Waals surface area contributed by atoms with E-state index >= 15 is 0 Å². The number of hydrogen-bond acceptors (Lipinski definition) is 5. The maximum absolute atomic E-state index is 15.0. The fourth-order valence-corrected chi connectivity index (χ4v) is 4.33. The quantitative estimate of drug-likeness (QED) is 0.525. The number of ether oxygens (including phenoxy) is 1. The molecule has 170 valence electrons. The van der Waals surface area contributed by atoms with Gasteiger partial charge in [-0.25, -0.2) is 27.9 Å². The van der Waals surface area contributed by atoms with E-state index in [1.165, 1.54) is 7.11 Å². The summed E-state index contributed by atoms with van der Waals surface area (Å²) in [7, 11) is 1.22. The van der Waals surface area contributed by atoms with Gasteiger partial charge in [0, 0.05) is 24.3 Å². The van der Waals surface area contributed by atoms with Gasteiger partial charge >= 0.3 is 6.03 Å². The Morgan fingerprint density at radius 3 is 2.41 bits per heavy atom. The van der Waals surface area contributed by atoms with Crippen LogP contribution in [0.2, 0.25) is 0 Å². The maximum Gasteiger partial charge on any atom is 0.317 e. The van der Waals surface area contributed by atoms with E-state index < -0.39 is 34.9 Å². The van der Waals surface area contributed by atoms with Crippen molar-refractivity contribution in [3.05, 3.63) is 40.3 Å². The zero-order chi connectivity index (χ0) is 23.2. The van der Waals surface area contributed by atoms with E-state index in [1.807, 2.05) is 19.9 Å². The van der Waals surface area contributed by atoms with Crippen LogP contribution < -0.4 is 20.7 Å². The number of halogens is 3. The molecule has 0 saturated carbocycles. The van der Waals surface area contributed by atoms with Crippen LogP contribution in [0.15, 0.2) is 6.07 Å². The van der Waals surface area contributed by atoms with E-state index in [4.69, 9.17) is 10.5 Å². The molecule has 4 N–H and O–H groups in total. The van der Waals surface area contributed by atoms with Crippen LogP contribution in [0.5, 0.6) is 5.88 Å². The van der Waals surface area contributed by atoms with Gasteiger partial charge in [-0.3, -0.25) is 5.32 Å². The molecule has 1 aliphatic rings. The molecule has 3 aromatic rings. The molecule has 1 aliphatic heterocycles. The Morgan fingerprint density at radius 2 is 1.84 bits per heavy atom. The molecule has 1 aromatic carbocycles. The predicted octanol–water partition coefficient (Wildman–Crippen LogP) is 3.88. The number of urea groups is 1. The molecule has 0 bridgehead atoms. The number of hydrogen-bond donors (Lipinski definition) is 3. The SMILES string of the molecule is COc1nc2c(F)c(F)c(F)c(C3CCN(c4[nH]c(C)cc4C)CC3)c2nc1NC(N)=O. The summed E-state index contributed by atoms with van der Waals surface area (Å²) in [6.07, 6.45) is 0.974. The topological polar surface area (TPSA) is 109 Å². The summed E-state index contributed by atoms with van der Waals surface area (Å²) in [5.41, 5.74) is 6.58. The average molecular weight is 448 g/mol. The average Bonchev–Trinajstić information content (AvgIpc) is 3.10. The zero-order valence-electron chi connectivity index (χ0n) is 17.9. The highest BCUT2D eigenvalue weighted by Gasteiger charge is 2.32. The van der Waals surface area contributed by atoms with Gasteiger partial charge < -0.3 is 20.4 Å². The highest BCUT2D eigenvalue weighted by molar-refractivity contribution is 5.90. The highest BCUT2D eigenvalue weighted by Crippen LogP contribution is 2.39. The van der Waals surface area contributed by atoms with Crippen LogP contribution in [-0.4, -0.2) is 41.2 Å². The molecule has 8 nitrogen and oxygen atoms in total. The van der Waals surface area contributed by atoms with Gasteiger partial charge in [0.15, 0.2) is 23.3 Å². The van der Waals surface area contributed by atoms with E-state index in [0.29, 0.717) is 25.9 Å². The summed E-state index contributed by atoms with van der Waals surface area (Å²) < 4.78 is 49.0. The van der Waals surface area contributed by atoms with Crippen molar-refractivity contribution in [1.29, 1.82) is 0 Å². The number of fused-ring (bicyclic) bond motifs is 1. The number of piperidine rings is 1. The van der Waals surface area contributed by atoms with Gasteiger partial charge in [0.1, 0.15) is 16.9 Å². The van der Waals surface area contributed by atoms with Crippen LogP contribution in [-0.2, 0) is 0 Å². The van der Waals surface area contributed by atoms with Crippen molar-refractivity contribution in [2.75, 3.05) is 30.4 Å². The number of carbonyl (C=O) groups is 1. The molecular weight excluding hydrogens is 425 g/mol. The van der Waals surface area contributed by atoms with Gasteiger partial charge in [0.2, 0.25) is 0 Å². The number of carbonyl (C=O) groups excluding carboxylic acids is 1. The number of anilines is 2. The molecule has 4 rings (SSSR count). The number of nitrogens with zero attached hydrogens (tertiary/aromatic N) is 3. The first-order valence-corrected chi connectivity index (χ1v) is 10.1. The van der Waals surface area contributed by atoms with Gasteiger partial charge in [0.05, 0.1) is 7.11 Å². The molecule has 3 heterocycles. The van der Waals surface area contributed by atoms with Gasteiger partial charge in [-0.2, -0.15) is 0 Å². The summed E-state index contributed by atoms with van der Waals surface area (Å²) in [4.78, 5) is 24.9. The number of aryl methyl sites for hydroxylation is 2. The summed E-state index contributed by atoms with van der Waals surface area (Å²) >= 11 is 0. The Bertz CT molecular complexity index is 1200. The summed E-state index contributed by atoms with van der Waals surface area (Å²) in [6, 6.07) is 1.09. The number of methoxy groups -OCH3 is 1. The van der Waals surface area contributed by atoms with Crippen LogP contribution >= 0.6 is 0 Å². The van der Waals surface area contributed by atoms with E-state index in [-0.39, 0.29) is 22.8 Å². The molecule has 2 aromatic heterocycles. The third-order valence-corrected chi connectivity index (χ3v) is 5.73. The fourth-order valence-electron chi connectivity index (χ4n) is 4.33. The Morgan fingerprint density at radius 1 is 1.16 bits per heavy atom. The lowest BCUT2D eigenvalue weighted by atomic mass is 9.87. The van der Waals surface area contributed by atoms with Gasteiger partial charge in [0.25, 0.3) is 5.88 Å². The maximum atomic E-state index is 15.0. The first-order valence-electron chi connectivity index (χ1n) is 10.1. The number of aromatic nitrogens is 3. The lowest BCUT2D eigenvalue weighted by molar-refractivity contribution is 0.259. The van der Waals surface area contributed by atoms with Gasteiger partial charge in [-0.05, 0) is 44.2 Å². The molecule has 0 spiro atoms. The van der Waals surface area contributed by atoms with E-state index in [0.717, 1.165) is 17.1 Å². The molecular formula is C21H23F3N6O2. The Labute approximate surface area is 182 Å². The smallest absolute Gasteiger partial charge is 0.317 e. The molecule has 1 fully saturated rings. The first kappa shape index (κ1) is 21.7. The monoisotopic (exact) mass is 448 g/mol. The molecule has 0 aliphatic carbocycles. The third-order valence-electron chi connectivity index (χ3n) is 5.73. The largest absolute Gasteiger partial charge is 0.478 e. The minimum Gasteiger partial charge on any atom is -0.478 e. The number of nitrogens with two attached hydrogens (primary N) is 1. The number of amides is 2. The van der Waals surface area contributed by atoms with Gasteiger partial charge in [-0.1, -0.05) is 0 Å². The van der Waals surface area contributed by atoms with Crippen LogP contribution in [0.1, 0.15) is 35.6 Å². The minimum atomic E-state index is -1.61.